The van der Waals surface area contributed by atoms with Crippen molar-refractivity contribution in [3.05, 3.63) is 69.9 Å². The van der Waals surface area contributed by atoms with E-state index in [0.29, 0.717) is 0 Å². The second-order valence-corrected chi connectivity index (χ2v) is 11.9. The standard InChI is InChI=1S/C35H57N3O4/c1-26(2)13-10-16-29(7)19-22-36-32(39)25-35(42,33(40)37-23-20-30(8)17-11-14-27(3)4)34(41)38-24-21-31(9)18-12-15-28(5)6/h13-15,19-21,42H,10-12,16-18,22-25H2,1-9H3,(H,36,39)(H,37,40)(H,38,41). The highest BCUT2D eigenvalue weighted by Gasteiger charge is 2.45. The lowest BCUT2D eigenvalue weighted by Gasteiger charge is -2.25. The smallest absolute Gasteiger partial charge is 0.262 e. The van der Waals surface area contributed by atoms with Crippen LogP contribution in [-0.4, -0.2) is 48.1 Å². The van der Waals surface area contributed by atoms with Crippen molar-refractivity contribution in [3.63, 3.8) is 0 Å². The lowest BCUT2D eigenvalue weighted by atomic mass is 9.96. The molecule has 0 rings (SSSR count). The number of rotatable bonds is 19. The molecular weight excluding hydrogens is 526 g/mol. The van der Waals surface area contributed by atoms with Crippen LogP contribution in [0.2, 0.25) is 0 Å². The van der Waals surface area contributed by atoms with Crippen molar-refractivity contribution in [1.29, 1.82) is 0 Å². The molecule has 236 valence electrons. The van der Waals surface area contributed by atoms with Crippen molar-refractivity contribution in [2.45, 2.75) is 113 Å². The minimum atomic E-state index is -2.54. The predicted octanol–water partition coefficient (Wildman–Crippen LogP) is 6.53. The summed E-state index contributed by atoms with van der Waals surface area (Å²) in [4.78, 5) is 39.0. The van der Waals surface area contributed by atoms with E-state index in [9.17, 15) is 19.5 Å². The Hall–Kier alpha value is -3.19. The highest BCUT2D eigenvalue weighted by atomic mass is 16.3. The number of nitrogens with one attached hydrogen (secondary N) is 3. The number of carbonyl (C=O) groups excluding carboxylic acids is 3. The van der Waals surface area contributed by atoms with Gasteiger partial charge in [0.2, 0.25) is 11.5 Å². The summed E-state index contributed by atoms with van der Waals surface area (Å²) in [6.07, 6.45) is 16.7. The molecule has 0 fully saturated rings. The molecule has 3 amide bonds. The molecule has 0 saturated carbocycles. The van der Waals surface area contributed by atoms with E-state index in [2.05, 4.69) is 48.0 Å². The Morgan fingerprint density at radius 2 is 0.833 bits per heavy atom. The number of amides is 3. The number of carbonyl (C=O) groups is 3. The Balaban J connectivity index is 5.41. The fourth-order valence-electron chi connectivity index (χ4n) is 3.90. The van der Waals surface area contributed by atoms with Crippen molar-refractivity contribution in [1.82, 2.24) is 16.0 Å². The summed E-state index contributed by atoms with van der Waals surface area (Å²) in [5.74, 6) is -2.39. The SMILES string of the molecule is CC(C)=CCCC(C)=CCNC(=O)CC(O)(C(=O)NCC=C(C)CCC=C(C)C)C(=O)NCC=C(C)CCC=C(C)C. The summed E-state index contributed by atoms with van der Waals surface area (Å²) in [5, 5.41) is 19.2. The highest BCUT2D eigenvalue weighted by Crippen LogP contribution is 2.13. The molecule has 0 saturated heterocycles. The van der Waals surface area contributed by atoms with Crippen molar-refractivity contribution in [2.24, 2.45) is 0 Å². The summed E-state index contributed by atoms with van der Waals surface area (Å²) in [7, 11) is 0. The number of hydrogen-bond acceptors (Lipinski definition) is 4. The Morgan fingerprint density at radius 1 is 0.524 bits per heavy atom. The van der Waals surface area contributed by atoms with Crippen LogP contribution in [0.5, 0.6) is 0 Å². The molecule has 7 nitrogen and oxygen atoms in total. The first-order valence-electron chi connectivity index (χ1n) is 15.1. The highest BCUT2D eigenvalue weighted by molar-refractivity contribution is 6.11. The molecule has 7 heteroatoms. The third-order valence-electron chi connectivity index (χ3n) is 6.62. The van der Waals surface area contributed by atoms with Crippen molar-refractivity contribution in [2.75, 3.05) is 19.6 Å². The summed E-state index contributed by atoms with van der Waals surface area (Å²) < 4.78 is 0. The molecule has 0 aliphatic heterocycles. The summed E-state index contributed by atoms with van der Waals surface area (Å²) in [5.41, 5.74) is 4.50. The molecule has 0 aromatic carbocycles. The normalized spacial score (nSPS) is 13.4. The van der Waals surface area contributed by atoms with E-state index in [1.807, 2.05) is 66.7 Å². The Kier molecular flexibility index (Phi) is 19.9. The molecule has 0 spiro atoms. The van der Waals surface area contributed by atoms with E-state index < -0.39 is 29.7 Å². The van der Waals surface area contributed by atoms with Gasteiger partial charge in [-0.05, 0) is 101 Å². The van der Waals surface area contributed by atoms with E-state index in [0.717, 1.165) is 55.2 Å². The minimum Gasteiger partial charge on any atom is -0.371 e. The molecule has 0 aromatic heterocycles. The minimum absolute atomic E-state index is 0.147. The fourth-order valence-corrected chi connectivity index (χ4v) is 3.90. The first-order valence-corrected chi connectivity index (χ1v) is 15.1. The topological polar surface area (TPSA) is 108 Å². The zero-order chi connectivity index (χ0) is 32.1. The molecule has 0 atom stereocenters. The number of aliphatic hydroxyl groups is 1. The molecule has 4 N–H and O–H groups in total. The van der Waals surface area contributed by atoms with Gasteiger partial charge in [0.1, 0.15) is 0 Å². The van der Waals surface area contributed by atoms with E-state index in [4.69, 9.17) is 0 Å². The van der Waals surface area contributed by atoms with Crippen LogP contribution in [0.3, 0.4) is 0 Å². The van der Waals surface area contributed by atoms with Crippen LogP contribution in [0, 0.1) is 0 Å². The average molecular weight is 584 g/mol. The third-order valence-corrected chi connectivity index (χ3v) is 6.62. The number of allylic oxidation sites excluding steroid dienone is 9. The van der Waals surface area contributed by atoms with E-state index in [-0.39, 0.29) is 19.6 Å². The summed E-state index contributed by atoms with van der Waals surface area (Å²) in [6, 6.07) is 0. The average Bonchev–Trinajstić information content (AvgIpc) is 2.87. The van der Waals surface area contributed by atoms with Gasteiger partial charge in [0.25, 0.3) is 11.8 Å². The predicted molar refractivity (Wildman–Crippen MR) is 176 cm³/mol. The maximum absolute atomic E-state index is 13.1. The monoisotopic (exact) mass is 583 g/mol. The second-order valence-electron chi connectivity index (χ2n) is 11.9. The quantitative estimate of drug-likeness (QED) is 0.102. The van der Waals surface area contributed by atoms with Gasteiger partial charge in [0.05, 0.1) is 6.42 Å². The molecular formula is C35H57N3O4. The zero-order valence-electron chi connectivity index (χ0n) is 27.7. The van der Waals surface area contributed by atoms with Crippen LogP contribution >= 0.6 is 0 Å². The molecule has 0 radical (unpaired) electrons. The van der Waals surface area contributed by atoms with Crippen molar-refractivity contribution < 1.29 is 19.5 Å². The van der Waals surface area contributed by atoms with Crippen LogP contribution in [0.1, 0.15) is 107 Å². The lowest BCUT2D eigenvalue weighted by Crippen LogP contribution is -2.59. The molecule has 0 unspecified atom stereocenters. The Labute approximate surface area is 255 Å². The van der Waals surface area contributed by atoms with Crippen LogP contribution in [0.4, 0.5) is 0 Å². The lowest BCUT2D eigenvalue weighted by molar-refractivity contribution is -0.157. The zero-order valence-corrected chi connectivity index (χ0v) is 27.7. The molecule has 0 aliphatic carbocycles. The maximum Gasteiger partial charge on any atom is 0.262 e. The number of hydrogen-bond donors (Lipinski definition) is 4. The molecule has 42 heavy (non-hydrogen) atoms. The van der Waals surface area contributed by atoms with Gasteiger partial charge >= 0.3 is 0 Å². The van der Waals surface area contributed by atoms with Gasteiger partial charge in [0.15, 0.2) is 0 Å². The molecule has 0 aliphatic rings. The molecule has 0 heterocycles. The van der Waals surface area contributed by atoms with Crippen molar-refractivity contribution in [3.8, 4) is 0 Å². The van der Waals surface area contributed by atoms with E-state index >= 15 is 0 Å². The largest absolute Gasteiger partial charge is 0.371 e. The second kappa shape index (κ2) is 21.5. The van der Waals surface area contributed by atoms with Gasteiger partial charge in [-0.25, -0.2) is 0 Å². The van der Waals surface area contributed by atoms with Gasteiger partial charge in [-0.15, -0.1) is 0 Å². The Morgan fingerprint density at radius 3 is 1.14 bits per heavy atom. The maximum atomic E-state index is 13.1. The fraction of sp³-hybridized carbons (Fsp3) is 0.571. The van der Waals surface area contributed by atoms with Gasteiger partial charge in [-0.1, -0.05) is 69.9 Å². The van der Waals surface area contributed by atoms with E-state index in [1.54, 1.807) is 0 Å². The van der Waals surface area contributed by atoms with Gasteiger partial charge in [-0.3, -0.25) is 14.4 Å². The van der Waals surface area contributed by atoms with E-state index in [1.165, 1.54) is 16.7 Å². The first kappa shape index (κ1) is 38.8. The van der Waals surface area contributed by atoms with Gasteiger partial charge < -0.3 is 21.1 Å². The van der Waals surface area contributed by atoms with Gasteiger partial charge in [-0.2, -0.15) is 0 Å². The summed E-state index contributed by atoms with van der Waals surface area (Å²) in [6.45, 7) is 18.8. The Bertz CT molecular complexity index is 1010. The third kappa shape index (κ3) is 19.0. The van der Waals surface area contributed by atoms with Gasteiger partial charge in [0, 0.05) is 19.6 Å². The van der Waals surface area contributed by atoms with Crippen molar-refractivity contribution >= 4 is 17.7 Å². The summed E-state index contributed by atoms with van der Waals surface area (Å²) >= 11 is 0. The van der Waals surface area contributed by atoms with Crippen LogP contribution in [0.15, 0.2) is 69.9 Å². The van der Waals surface area contributed by atoms with Crippen LogP contribution in [0.25, 0.3) is 0 Å². The first-order chi connectivity index (χ1) is 19.7. The molecule has 0 aromatic rings. The van der Waals surface area contributed by atoms with Crippen LogP contribution in [-0.2, 0) is 14.4 Å². The van der Waals surface area contributed by atoms with Crippen LogP contribution < -0.4 is 16.0 Å². The molecule has 0 bridgehead atoms.